The highest BCUT2D eigenvalue weighted by Gasteiger charge is 2.30. The molecule has 0 bridgehead atoms. The summed E-state index contributed by atoms with van der Waals surface area (Å²) in [6, 6.07) is 8.30. The average Bonchev–Trinajstić information content (AvgIpc) is 2.89. The van der Waals surface area contributed by atoms with Crippen molar-refractivity contribution < 1.29 is 9.53 Å². The summed E-state index contributed by atoms with van der Waals surface area (Å²) in [4.78, 5) is 16.3. The molecule has 3 rings (SSSR count). The van der Waals surface area contributed by atoms with E-state index in [1.807, 2.05) is 17.0 Å². The minimum atomic E-state index is 0.230. The van der Waals surface area contributed by atoms with E-state index >= 15 is 0 Å². The second-order valence-corrected chi connectivity index (χ2v) is 6.00. The number of anilines is 2. The van der Waals surface area contributed by atoms with Gasteiger partial charge in [0.25, 0.3) is 0 Å². The molecule has 1 aromatic rings. The highest BCUT2D eigenvalue weighted by Crippen LogP contribution is 2.29. The van der Waals surface area contributed by atoms with Crippen molar-refractivity contribution in [2.24, 2.45) is 5.92 Å². The van der Waals surface area contributed by atoms with Crippen LogP contribution in [-0.2, 0) is 9.53 Å². The SMILES string of the molecule is O=C1CC(CBr)CN1c1cccc(N2CCOCC2)c1. The third-order valence-corrected chi connectivity index (χ3v) is 4.86. The minimum Gasteiger partial charge on any atom is -0.378 e. The van der Waals surface area contributed by atoms with Crippen LogP contribution in [0.25, 0.3) is 0 Å². The predicted octanol–water partition coefficient (Wildman–Crippen LogP) is 2.27. The van der Waals surface area contributed by atoms with Crippen LogP contribution in [0.4, 0.5) is 11.4 Å². The van der Waals surface area contributed by atoms with Crippen molar-refractivity contribution in [3.63, 3.8) is 0 Å². The van der Waals surface area contributed by atoms with Crippen LogP contribution >= 0.6 is 15.9 Å². The Hall–Kier alpha value is -1.07. The van der Waals surface area contributed by atoms with Crippen molar-refractivity contribution in [3.8, 4) is 0 Å². The monoisotopic (exact) mass is 338 g/mol. The number of benzene rings is 1. The molecule has 4 nitrogen and oxygen atoms in total. The van der Waals surface area contributed by atoms with Gasteiger partial charge in [0.15, 0.2) is 0 Å². The van der Waals surface area contributed by atoms with E-state index in [9.17, 15) is 4.79 Å². The lowest BCUT2D eigenvalue weighted by molar-refractivity contribution is -0.117. The molecule has 2 fully saturated rings. The molecule has 2 saturated heterocycles. The molecule has 0 N–H and O–H groups in total. The number of alkyl halides is 1. The summed E-state index contributed by atoms with van der Waals surface area (Å²) in [6.45, 7) is 4.20. The molecule has 2 aliphatic rings. The van der Waals surface area contributed by atoms with E-state index in [1.165, 1.54) is 5.69 Å². The molecule has 1 unspecified atom stereocenters. The van der Waals surface area contributed by atoms with Gasteiger partial charge in [-0.1, -0.05) is 22.0 Å². The topological polar surface area (TPSA) is 32.8 Å². The molecule has 2 heterocycles. The largest absolute Gasteiger partial charge is 0.378 e. The van der Waals surface area contributed by atoms with Gasteiger partial charge in [0.2, 0.25) is 5.91 Å². The Labute approximate surface area is 127 Å². The van der Waals surface area contributed by atoms with Crippen molar-refractivity contribution in [3.05, 3.63) is 24.3 Å². The van der Waals surface area contributed by atoms with E-state index in [2.05, 4.69) is 33.0 Å². The highest BCUT2D eigenvalue weighted by atomic mass is 79.9. The van der Waals surface area contributed by atoms with Crippen molar-refractivity contribution in [1.82, 2.24) is 0 Å². The lowest BCUT2D eigenvalue weighted by atomic mass is 10.2. The maximum absolute atomic E-state index is 12.1. The fourth-order valence-corrected chi connectivity index (χ4v) is 3.25. The summed E-state index contributed by atoms with van der Waals surface area (Å²) in [5, 5.41) is 0.887. The van der Waals surface area contributed by atoms with Crippen molar-refractivity contribution >= 4 is 33.2 Å². The molecule has 1 atom stereocenters. The summed E-state index contributed by atoms with van der Waals surface area (Å²) in [5.74, 6) is 0.656. The van der Waals surface area contributed by atoms with Crippen molar-refractivity contribution in [2.75, 3.05) is 48.0 Å². The van der Waals surface area contributed by atoms with Crippen LogP contribution in [0.5, 0.6) is 0 Å². The molecule has 0 spiro atoms. The Balaban J connectivity index is 1.78. The van der Waals surface area contributed by atoms with Crippen molar-refractivity contribution in [1.29, 1.82) is 0 Å². The van der Waals surface area contributed by atoms with Gasteiger partial charge in [0.05, 0.1) is 13.2 Å². The zero-order valence-electron chi connectivity index (χ0n) is 11.4. The molecule has 2 aliphatic heterocycles. The zero-order valence-corrected chi connectivity index (χ0v) is 13.0. The van der Waals surface area contributed by atoms with Crippen LogP contribution in [0, 0.1) is 5.92 Å². The van der Waals surface area contributed by atoms with Gasteiger partial charge in [0, 0.05) is 42.8 Å². The van der Waals surface area contributed by atoms with E-state index in [-0.39, 0.29) is 5.91 Å². The first-order valence-corrected chi connectivity index (χ1v) is 8.19. The molecule has 0 aliphatic carbocycles. The van der Waals surface area contributed by atoms with E-state index in [0.29, 0.717) is 12.3 Å². The molecular formula is C15H19BrN2O2. The van der Waals surface area contributed by atoms with Gasteiger partial charge < -0.3 is 14.5 Å². The number of morpholine rings is 1. The van der Waals surface area contributed by atoms with Gasteiger partial charge in [-0.15, -0.1) is 0 Å². The smallest absolute Gasteiger partial charge is 0.227 e. The predicted molar refractivity (Wildman–Crippen MR) is 83.7 cm³/mol. The molecule has 0 radical (unpaired) electrons. The number of carbonyl (C=O) groups excluding carboxylic acids is 1. The Morgan fingerprint density at radius 1 is 1.25 bits per heavy atom. The third kappa shape index (κ3) is 2.83. The number of amides is 1. The maximum Gasteiger partial charge on any atom is 0.227 e. The standard InChI is InChI=1S/C15H19BrN2O2/c16-10-12-8-15(19)18(11-12)14-3-1-2-13(9-14)17-4-6-20-7-5-17/h1-3,9,12H,4-8,10-11H2. The minimum absolute atomic E-state index is 0.230. The molecule has 0 aromatic heterocycles. The van der Waals surface area contributed by atoms with E-state index in [4.69, 9.17) is 4.74 Å². The Morgan fingerprint density at radius 3 is 2.70 bits per heavy atom. The normalized spacial score (nSPS) is 23.4. The number of ether oxygens (including phenoxy) is 1. The van der Waals surface area contributed by atoms with E-state index in [1.54, 1.807) is 0 Å². The summed E-state index contributed by atoms with van der Waals surface area (Å²) >= 11 is 3.48. The molecule has 108 valence electrons. The van der Waals surface area contributed by atoms with E-state index in [0.717, 1.165) is 43.9 Å². The molecule has 1 amide bonds. The van der Waals surface area contributed by atoms with E-state index < -0.39 is 0 Å². The second kappa shape index (κ2) is 6.14. The van der Waals surface area contributed by atoms with Crippen LogP contribution in [-0.4, -0.2) is 44.1 Å². The van der Waals surface area contributed by atoms with Gasteiger partial charge in [-0.3, -0.25) is 4.79 Å². The first kappa shape index (κ1) is 13.9. The molecular weight excluding hydrogens is 320 g/mol. The van der Waals surface area contributed by atoms with Gasteiger partial charge in [-0.2, -0.15) is 0 Å². The van der Waals surface area contributed by atoms with Crippen molar-refractivity contribution in [2.45, 2.75) is 6.42 Å². The second-order valence-electron chi connectivity index (χ2n) is 5.35. The van der Waals surface area contributed by atoms with Crippen LogP contribution < -0.4 is 9.80 Å². The van der Waals surface area contributed by atoms with Crippen LogP contribution in [0.3, 0.4) is 0 Å². The number of carbonyl (C=O) groups is 1. The fourth-order valence-electron chi connectivity index (χ4n) is 2.81. The highest BCUT2D eigenvalue weighted by molar-refractivity contribution is 9.09. The van der Waals surface area contributed by atoms with Crippen LogP contribution in [0.15, 0.2) is 24.3 Å². The zero-order chi connectivity index (χ0) is 13.9. The molecule has 0 saturated carbocycles. The number of halogens is 1. The first-order valence-electron chi connectivity index (χ1n) is 7.07. The molecule has 1 aromatic carbocycles. The van der Waals surface area contributed by atoms with Gasteiger partial charge in [-0.25, -0.2) is 0 Å². The number of hydrogen-bond donors (Lipinski definition) is 0. The average molecular weight is 339 g/mol. The van der Waals surface area contributed by atoms with Gasteiger partial charge >= 0.3 is 0 Å². The van der Waals surface area contributed by atoms with Gasteiger partial charge in [-0.05, 0) is 24.1 Å². The van der Waals surface area contributed by atoms with Gasteiger partial charge in [0.1, 0.15) is 0 Å². The number of rotatable bonds is 3. The lowest BCUT2D eigenvalue weighted by Crippen LogP contribution is -2.36. The summed E-state index contributed by atoms with van der Waals surface area (Å²) < 4.78 is 5.39. The summed E-state index contributed by atoms with van der Waals surface area (Å²) in [5.41, 5.74) is 2.20. The third-order valence-electron chi connectivity index (χ3n) is 3.94. The Kier molecular flexibility index (Phi) is 4.27. The fraction of sp³-hybridized carbons (Fsp3) is 0.533. The lowest BCUT2D eigenvalue weighted by Gasteiger charge is -2.29. The molecule has 5 heteroatoms. The van der Waals surface area contributed by atoms with Crippen LogP contribution in [0.1, 0.15) is 6.42 Å². The Morgan fingerprint density at radius 2 is 2.00 bits per heavy atom. The number of hydrogen-bond acceptors (Lipinski definition) is 3. The summed E-state index contributed by atoms with van der Waals surface area (Å²) in [6.07, 6.45) is 0.646. The van der Waals surface area contributed by atoms with Crippen LogP contribution in [0.2, 0.25) is 0 Å². The quantitative estimate of drug-likeness (QED) is 0.792. The number of nitrogens with zero attached hydrogens (tertiary/aromatic N) is 2. The maximum atomic E-state index is 12.1. The Bertz CT molecular complexity index is 489. The molecule has 20 heavy (non-hydrogen) atoms. The first-order chi connectivity index (χ1) is 9.78. The summed E-state index contributed by atoms with van der Waals surface area (Å²) in [7, 11) is 0.